The third-order valence-corrected chi connectivity index (χ3v) is 3.97. The molecule has 1 aromatic heterocycles. The summed E-state index contributed by atoms with van der Waals surface area (Å²) in [5, 5.41) is 2.22. The van der Waals surface area contributed by atoms with Gasteiger partial charge in [-0.25, -0.2) is 9.37 Å². The smallest absolute Gasteiger partial charge is 0.249 e. The van der Waals surface area contributed by atoms with Gasteiger partial charge in [-0.1, -0.05) is 11.6 Å². The first-order valence-corrected chi connectivity index (χ1v) is 7.18. The number of benzene rings is 1. The Morgan fingerprint density at radius 2 is 2.19 bits per heavy atom. The topological polar surface area (TPSA) is 64.0 Å². The maximum absolute atomic E-state index is 13.5. The first-order valence-electron chi connectivity index (χ1n) is 6.26. The van der Waals surface area contributed by atoms with E-state index < -0.39 is 17.8 Å². The molecule has 2 amide bonds. The fourth-order valence-electron chi connectivity index (χ4n) is 2.51. The molecule has 3 rings (SSSR count). The Bertz CT molecular complexity index is 759. The highest BCUT2D eigenvalue weighted by Gasteiger charge is 2.31. The predicted octanol–water partition coefficient (Wildman–Crippen LogP) is 2.55. The van der Waals surface area contributed by atoms with E-state index in [0.29, 0.717) is 23.3 Å². The van der Waals surface area contributed by atoms with Gasteiger partial charge in [-0.05, 0) is 12.5 Å². The summed E-state index contributed by atoms with van der Waals surface area (Å²) in [7, 11) is 0. The lowest BCUT2D eigenvalue weighted by molar-refractivity contribution is -0.135. The number of carbonyl (C=O) groups excluding carboxylic acids is 2. The summed E-state index contributed by atoms with van der Waals surface area (Å²) < 4.78 is 15.1. The molecule has 1 aliphatic rings. The molecule has 1 N–H and O–H groups in total. The van der Waals surface area contributed by atoms with Crippen LogP contribution in [0.1, 0.15) is 24.7 Å². The lowest BCUT2D eigenvalue weighted by atomic mass is 10.1. The fourth-order valence-corrected chi connectivity index (χ4v) is 2.86. The molecule has 1 fully saturated rings. The van der Waals surface area contributed by atoms with Crippen molar-refractivity contribution < 1.29 is 14.0 Å². The van der Waals surface area contributed by atoms with Crippen LogP contribution in [-0.2, 0) is 15.5 Å². The van der Waals surface area contributed by atoms with E-state index in [9.17, 15) is 14.0 Å². The number of imidazole rings is 1. The number of halogens is 3. The Morgan fingerprint density at radius 3 is 2.86 bits per heavy atom. The summed E-state index contributed by atoms with van der Waals surface area (Å²) >= 11 is 11.7. The van der Waals surface area contributed by atoms with Crippen molar-refractivity contribution in [2.45, 2.75) is 24.8 Å². The van der Waals surface area contributed by atoms with E-state index in [4.69, 9.17) is 23.2 Å². The predicted molar refractivity (Wildman–Crippen MR) is 75.7 cm³/mol. The Labute approximate surface area is 129 Å². The standard InChI is InChI=1S/C13H10Cl2FN3O2/c14-5-11-17-8-4-7(16)6(15)3-10(8)19(11)9-1-2-12(20)18-13(9)21/h3-4,9H,1-2,5H2,(H,18,20,21). The molecular weight excluding hydrogens is 320 g/mol. The molecule has 5 nitrogen and oxygen atoms in total. The van der Waals surface area contributed by atoms with E-state index in [-0.39, 0.29) is 23.2 Å². The normalized spacial score (nSPS) is 19.1. The first-order chi connectivity index (χ1) is 10.0. The molecule has 1 saturated heterocycles. The number of alkyl halides is 1. The lowest BCUT2D eigenvalue weighted by Crippen LogP contribution is -2.42. The number of nitrogens with zero attached hydrogens (tertiary/aromatic N) is 2. The van der Waals surface area contributed by atoms with Gasteiger partial charge in [0.15, 0.2) is 0 Å². The summed E-state index contributed by atoms with van der Waals surface area (Å²) in [6, 6.07) is 2.01. The number of nitrogens with one attached hydrogen (secondary N) is 1. The number of carbonyl (C=O) groups is 2. The molecular formula is C13H10Cl2FN3O2. The van der Waals surface area contributed by atoms with Crippen LogP contribution in [0.5, 0.6) is 0 Å². The second-order valence-corrected chi connectivity index (χ2v) is 5.43. The zero-order valence-electron chi connectivity index (χ0n) is 10.7. The first kappa shape index (κ1) is 14.3. The minimum atomic E-state index is -0.608. The van der Waals surface area contributed by atoms with Gasteiger partial charge in [-0.2, -0.15) is 0 Å². The number of piperidine rings is 1. The molecule has 0 saturated carbocycles. The zero-order chi connectivity index (χ0) is 15.1. The van der Waals surface area contributed by atoms with Gasteiger partial charge in [0.2, 0.25) is 11.8 Å². The number of fused-ring (bicyclic) bond motifs is 1. The largest absolute Gasteiger partial charge is 0.314 e. The van der Waals surface area contributed by atoms with Crippen molar-refractivity contribution in [3.63, 3.8) is 0 Å². The van der Waals surface area contributed by atoms with Crippen molar-refractivity contribution in [3.8, 4) is 0 Å². The molecule has 2 aromatic rings. The third kappa shape index (κ3) is 2.38. The summed E-state index contributed by atoms with van der Waals surface area (Å²) in [4.78, 5) is 27.5. The molecule has 2 heterocycles. The molecule has 1 unspecified atom stereocenters. The van der Waals surface area contributed by atoms with Crippen LogP contribution in [-0.4, -0.2) is 21.4 Å². The SMILES string of the molecule is O=C1CCC(n2c(CCl)nc3cc(F)c(Cl)cc32)C(=O)N1. The molecule has 110 valence electrons. The van der Waals surface area contributed by atoms with E-state index in [2.05, 4.69) is 10.3 Å². The monoisotopic (exact) mass is 329 g/mol. The molecule has 21 heavy (non-hydrogen) atoms. The molecule has 1 aliphatic heterocycles. The zero-order valence-corrected chi connectivity index (χ0v) is 12.2. The number of rotatable bonds is 2. The average Bonchev–Trinajstić information content (AvgIpc) is 2.77. The van der Waals surface area contributed by atoms with Crippen LogP contribution >= 0.6 is 23.2 Å². The molecule has 0 spiro atoms. The maximum Gasteiger partial charge on any atom is 0.249 e. The van der Waals surface area contributed by atoms with Gasteiger partial charge in [0, 0.05) is 12.5 Å². The van der Waals surface area contributed by atoms with Crippen LogP contribution < -0.4 is 5.32 Å². The summed E-state index contributed by atoms with van der Waals surface area (Å²) in [5.41, 5.74) is 0.892. The molecule has 8 heteroatoms. The quantitative estimate of drug-likeness (QED) is 0.680. The molecule has 0 bridgehead atoms. The van der Waals surface area contributed by atoms with Crippen LogP contribution in [0.3, 0.4) is 0 Å². The number of hydrogen-bond donors (Lipinski definition) is 1. The molecule has 0 radical (unpaired) electrons. The van der Waals surface area contributed by atoms with E-state index >= 15 is 0 Å². The minimum Gasteiger partial charge on any atom is -0.314 e. The van der Waals surface area contributed by atoms with Gasteiger partial charge in [0.05, 0.1) is 21.9 Å². The van der Waals surface area contributed by atoms with Crippen LogP contribution in [0.2, 0.25) is 5.02 Å². The van der Waals surface area contributed by atoms with Gasteiger partial charge in [-0.15, -0.1) is 11.6 Å². The maximum atomic E-state index is 13.5. The Balaban J connectivity index is 2.18. The highest BCUT2D eigenvalue weighted by atomic mass is 35.5. The van der Waals surface area contributed by atoms with Gasteiger partial charge >= 0.3 is 0 Å². The van der Waals surface area contributed by atoms with Gasteiger partial charge in [0.25, 0.3) is 0 Å². The third-order valence-electron chi connectivity index (χ3n) is 3.45. The number of amides is 2. The van der Waals surface area contributed by atoms with Crippen LogP contribution in [0.25, 0.3) is 11.0 Å². The fraction of sp³-hybridized carbons (Fsp3) is 0.308. The van der Waals surface area contributed by atoms with Crippen molar-refractivity contribution in [1.29, 1.82) is 0 Å². The summed E-state index contributed by atoms with van der Waals surface area (Å²) in [5.74, 6) is -0.818. The van der Waals surface area contributed by atoms with E-state index in [0.717, 1.165) is 0 Å². The van der Waals surface area contributed by atoms with E-state index in [1.165, 1.54) is 12.1 Å². The average molecular weight is 330 g/mol. The van der Waals surface area contributed by atoms with Crippen molar-refractivity contribution in [1.82, 2.24) is 14.9 Å². The summed E-state index contributed by atoms with van der Waals surface area (Å²) in [6.45, 7) is 0. The Kier molecular flexibility index (Phi) is 3.59. The number of aromatic nitrogens is 2. The van der Waals surface area contributed by atoms with E-state index in [1.54, 1.807) is 4.57 Å². The molecule has 1 aromatic carbocycles. The van der Waals surface area contributed by atoms with Crippen LogP contribution in [0, 0.1) is 5.82 Å². The minimum absolute atomic E-state index is 0.0583. The number of hydrogen-bond acceptors (Lipinski definition) is 3. The molecule has 1 atom stereocenters. The van der Waals surface area contributed by atoms with Gasteiger partial charge in [0.1, 0.15) is 17.7 Å². The highest BCUT2D eigenvalue weighted by Crippen LogP contribution is 2.30. The molecule has 0 aliphatic carbocycles. The van der Waals surface area contributed by atoms with Crippen molar-refractivity contribution >= 4 is 46.0 Å². The van der Waals surface area contributed by atoms with Crippen molar-refractivity contribution in [3.05, 3.63) is 28.8 Å². The lowest BCUT2D eigenvalue weighted by Gasteiger charge is -2.24. The van der Waals surface area contributed by atoms with E-state index in [1.807, 2.05) is 0 Å². The van der Waals surface area contributed by atoms with Crippen LogP contribution in [0.4, 0.5) is 4.39 Å². The Hall–Kier alpha value is -1.66. The van der Waals surface area contributed by atoms with Crippen molar-refractivity contribution in [2.24, 2.45) is 0 Å². The Morgan fingerprint density at radius 1 is 1.43 bits per heavy atom. The second kappa shape index (κ2) is 5.27. The van der Waals surface area contributed by atoms with Gasteiger partial charge < -0.3 is 4.57 Å². The van der Waals surface area contributed by atoms with Gasteiger partial charge in [-0.3, -0.25) is 14.9 Å². The summed E-state index contributed by atoms with van der Waals surface area (Å²) in [6.07, 6.45) is 0.571. The number of imide groups is 1. The van der Waals surface area contributed by atoms with Crippen molar-refractivity contribution in [2.75, 3.05) is 0 Å². The second-order valence-electron chi connectivity index (χ2n) is 4.75. The highest BCUT2D eigenvalue weighted by molar-refractivity contribution is 6.31. The van der Waals surface area contributed by atoms with Crippen LogP contribution in [0.15, 0.2) is 12.1 Å².